The number of benzene rings is 2. The van der Waals surface area contributed by atoms with Crippen LogP contribution in [0.15, 0.2) is 66.7 Å². The minimum Gasteiger partial charge on any atom is -0.487 e. The molecule has 0 unspecified atom stereocenters. The lowest BCUT2D eigenvalue weighted by Crippen LogP contribution is -2.29. The molecule has 0 spiro atoms. The third-order valence-corrected chi connectivity index (χ3v) is 4.15. The second-order valence-corrected chi connectivity index (χ2v) is 5.71. The van der Waals surface area contributed by atoms with E-state index in [1.807, 2.05) is 36.4 Å². The first-order chi connectivity index (χ1) is 11.3. The maximum absolute atomic E-state index is 5.97. The zero-order valence-electron chi connectivity index (χ0n) is 13.1. The van der Waals surface area contributed by atoms with Crippen molar-refractivity contribution in [1.29, 1.82) is 0 Å². The molecule has 3 heteroatoms. The first kappa shape index (κ1) is 13.8. The first-order valence-corrected chi connectivity index (χ1v) is 7.83. The highest BCUT2D eigenvalue weighted by atomic mass is 16.5. The zero-order valence-corrected chi connectivity index (χ0v) is 13.1. The van der Waals surface area contributed by atoms with Crippen molar-refractivity contribution < 1.29 is 4.74 Å². The van der Waals surface area contributed by atoms with Gasteiger partial charge in [0.1, 0.15) is 12.3 Å². The van der Waals surface area contributed by atoms with Gasteiger partial charge in [-0.15, -0.1) is 0 Å². The molecule has 3 aromatic rings. The molecule has 23 heavy (non-hydrogen) atoms. The topological polar surface area (TPSA) is 25.4 Å². The van der Waals surface area contributed by atoms with E-state index in [1.54, 1.807) is 0 Å². The maximum atomic E-state index is 5.97. The predicted molar refractivity (Wildman–Crippen MR) is 93.9 cm³/mol. The minimum absolute atomic E-state index is 0.690. The molecule has 0 aliphatic carbocycles. The summed E-state index contributed by atoms with van der Waals surface area (Å²) in [5, 5.41) is 0. The van der Waals surface area contributed by atoms with E-state index in [9.17, 15) is 0 Å². The normalized spacial score (nSPS) is 13.3. The van der Waals surface area contributed by atoms with E-state index in [4.69, 9.17) is 9.72 Å². The van der Waals surface area contributed by atoms with E-state index in [0.717, 1.165) is 40.5 Å². The van der Waals surface area contributed by atoms with Crippen LogP contribution in [-0.4, -0.2) is 25.2 Å². The van der Waals surface area contributed by atoms with Gasteiger partial charge in [-0.3, -0.25) is 0 Å². The van der Waals surface area contributed by atoms with Gasteiger partial charge >= 0.3 is 0 Å². The van der Waals surface area contributed by atoms with Crippen LogP contribution < -0.4 is 9.64 Å². The average Bonchev–Trinajstić information content (AvgIpc) is 2.63. The molecule has 1 aliphatic rings. The van der Waals surface area contributed by atoms with Gasteiger partial charge in [0.25, 0.3) is 0 Å². The van der Waals surface area contributed by atoms with Crippen molar-refractivity contribution in [2.45, 2.75) is 0 Å². The number of fused-ring (bicyclic) bond motifs is 1. The molecular weight excluding hydrogens is 284 g/mol. The Morgan fingerprint density at radius 1 is 0.913 bits per heavy atom. The van der Waals surface area contributed by atoms with Gasteiger partial charge in [-0.1, -0.05) is 60.7 Å². The molecule has 0 fully saturated rings. The molecule has 0 saturated carbocycles. The van der Waals surface area contributed by atoms with Crippen molar-refractivity contribution in [1.82, 2.24) is 4.98 Å². The van der Waals surface area contributed by atoms with Gasteiger partial charge in [0.15, 0.2) is 5.75 Å². The van der Waals surface area contributed by atoms with Crippen molar-refractivity contribution in [3.63, 3.8) is 0 Å². The van der Waals surface area contributed by atoms with Gasteiger partial charge < -0.3 is 9.64 Å². The monoisotopic (exact) mass is 302 g/mol. The minimum atomic E-state index is 0.690. The largest absolute Gasteiger partial charge is 0.487 e. The van der Waals surface area contributed by atoms with E-state index < -0.39 is 0 Å². The highest BCUT2D eigenvalue weighted by Crippen LogP contribution is 2.41. The van der Waals surface area contributed by atoms with E-state index in [-0.39, 0.29) is 0 Å². The van der Waals surface area contributed by atoms with E-state index in [0.29, 0.717) is 6.61 Å². The quantitative estimate of drug-likeness (QED) is 0.708. The van der Waals surface area contributed by atoms with Crippen LogP contribution in [0, 0.1) is 0 Å². The molecule has 1 aromatic heterocycles. The zero-order chi connectivity index (χ0) is 15.6. The van der Waals surface area contributed by atoms with Gasteiger partial charge in [0.05, 0.1) is 17.9 Å². The van der Waals surface area contributed by atoms with Gasteiger partial charge in [-0.25, -0.2) is 4.98 Å². The summed E-state index contributed by atoms with van der Waals surface area (Å²) in [5.41, 5.74) is 5.18. The number of aromatic nitrogens is 1. The van der Waals surface area contributed by atoms with Crippen molar-refractivity contribution >= 4 is 5.69 Å². The summed E-state index contributed by atoms with van der Waals surface area (Å²) in [7, 11) is 2.10. The van der Waals surface area contributed by atoms with Crippen molar-refractivity contribution in [2.24, 2.45) is 0 Å². The highest BCUT2D eigenvalue weighted by molar-refractivity contribution is 5.80. The first-order valence-electron chi connectivity index (χ1n) is 7.83. The average molecular weight is 302 g/mol. The molecule has 0 radical (unpaired) electrons. The van der Waals surface area contributed by atoms with Gasteiger partial charge in [-0.05, 0) is 6.07 Å². The molecule has 2 heterocycles. The Hall–Kier alpha value is -2.81. The van der Waals surface area contributed by atoms with Crippen LogP contribution >= 0.6 is 0 Å². The van der Waals surface area contributed by atoms with E-state index in [2.05, 4.69) is 42.3 Å². The number of ether oxygens (including phenoxy) is 1. The third kappa shape index (κ3) is 2.55. The van der Waals surface area contributed by atoms with Crippen LogP contribution in [0.5, 0.6) is 5.75 Å². The molecule has 4 rings (SSSR count). The Kier molecular flexibility index (Phi) is 3.46. The molecule has 0 amide bonds. The number of rotatable bonds is 2. The molecule has 1 aliphatic heterocycles. The Balaban J connectivity index is 1.95. The lowest BCUT2D eigenvalue weighted by molar-refractivity contribution is 0.311. The summed E-state index contributed by atoms with van der Waals surface area (Å²) in [4.78, 5) is 7.14. The van der Waals surface area contributed by atoms with Crippen molar-refractivity contribution in [3.8, 4) is 28.3 Å². The summed E-state index contributed by atoms with van der Waals surface area (Å²) >= 11 is 0. The van der Waals surface area contributed by atoms with E-state index in [1.165, 1.54) is 0 Å². The summed E-state index contributed by atoms with van der Waals surface area (Å²) in [5.74, 6) is 0.879. The number of pyridine rings is 1. The van der Waals surface area contributed by atoms with Gasteiger partial charge in [-0.2, -0.15) is 0 Å². The second kappa shape index (κ2) is 5.76. The molecule has 0 N–H and O–H groups in total. The molecule has 0 atom stereocenters. The van der Waals surface area contributed by atoms with Crippen LogP contribution in [0.1, 0.15) is 0 Å². The van der Waals surface area contributed by atoms with Crippen molar-refractivity contribution in [2.75, 3.05) is 25.1 Å². The standard InChI is InChI=1S/C20H18N2O/c1-22-12-13-23-20-18(22)14-17(15-8-4-2-5-9-15)21-19(20)16-10-6-3-7-11-16/h2-11,14H,12-13H2,1H3. The molecule has 3 nitrogen and oxygen atoms in total. The SMILES string of the molecule is CN1CCOc2c1cc(-c1ccccc1)nc2-c1ccccc1. The van der Waals surface area contributed by atoms with Gasteiger partial charge in [0, 0.05) is 18.2 Å². The number of anilines is 1. The highest BCUT2D eigenvalue weighted by Gasteiger charge is 2.22. The fourth-order valence-corrected chi connectivity index (χ4v) is 2.90. The van der Waals surface area contributed by atoms with Crippen LogP contribution in [0.2, 0.25) is 0 Å². The predicted octanol–water partition coefficient (Wildman–Crippen LogP) is 4.24. The summed E-state index contributed by atoms with van der Waals surface area (Å²) in [6, 6.07) is 22.6. The lowest BCUT2D eigenvalue weighted by Gasteiger charge is -2.29. The number of hydrogen-bond donors (Lipinski definition) is 0. The molecule has 0 bridgehead atoms. The number of likely N-dealkylation sites (N-methyl/N-ethyl adjacent to an activating group) is 1. The molecule has 0 saturated heterocycles. The van der Waals surface area contributed by atoms with Crippen LogP contribution in [0.25, 0.3) is 22.5 Å². The van der Waals surface area contributed by atoms with Crippen LogP contribution in [-0.2, 0) is 0 Å². The van der Waals surface area contributed by atoms with Crippen LogP contribution in [0.4, 0.5) is 5.69 Å². The second-order valence-electron chi connectivity index (χ2n) is 5.71. The summed E-state index contributed by atoms with van der Waals surface area (Å²) in [6.45, 7) is 1.58. The molecule has 2 aromatic carbocycles. The smallest absolute Gasteiger partial charge is 0.168 e. The van der Waals surface area contributed by atoms with Crippen molar-refractivity contribution in [3.05, 3.63) is 66.7 Å². The van der Waals surface area contributed by atoms with Gasteiger partial charge in [0.2, 0.25) is 0 Å². The Morgan fingerprint density at radius 2 is 1.57 bits per heavy atom. The fourth-order valence-electron chi connectivity index (χ4n) is 2.90. The summed E-state index contributed by atoms with van der Waals surface area (Å²) < 4.78 is 5.97. The lowest BCUT2D eigenvalue weighted by atomic mass is 10.0. The third-order valence-electron chi connectivity index (χ3n) is 4.15. The van der Waals surface area contributed by atoms with Crippen LogP contribution in [0.3, 0.4) is 0 Å². The number of hydrogen-bond acceptors (Lipinski definition) is 3. The number of nitrogens with zero attached hydrogens (tertiary/aromatic N) is 2. The Morgan fingerprint density at radius 3 is 2.26 bits per heavy atom. The Bertz CT molecular complexity index is 816. The Labute approximate surface area is 136 Å². The molecule has 114 valence electrons. The molecular formula is C20H18N2O. The summed E-state index contributed by atoms with van der Waals surface area (Å²) in [6.07, 6.45) is 0. The maximum Gasteiger partial charge on any atom is 0.168 e. The fraction of sp³-hybridized carbons (Fsp3) is 0.150. The van der Waals surface area contributed by atoms with E-state index >= 15 is 0 Å².